The summed E-state index contributed by atoms with van der Waals surface area (Å²) in [5.41, 5.74) is -0.245. The van der Waals surface area contributed by atoms with Gasteiger partial charge in [0.25, 0.3) is 5.91 Å². The van der Waals surface area contributed by atoms with Crippen LogP contribution in [0.25, 0.3) is 5.82 Å². The molecule has 1 aliphatic heterocycles. The average Bonchev–Trinajstić information content (AvgIpc) is 3.13. The monoisotopic (exact) mass is 423 g/mol. The van der Waals surface area contributed by atoms with E-state index >= 15 is 0 Å². The van der Waals surface area contributed by atoms with E-state index in [0.717, 1.165) is 11.9 Å². The van der Waals surface area contributed by atoms with Gasteiger partial charge in [-0.25, -0.2) is 4.98 Å². The molecule has 3 aromatic rings. The maximum Gasteiger partial charge on any atom is 0.434 e. The summed E-state index contributed by atoms with van der Waals surface area (Å²) in [7, 11) is 0. The van der Waals surface area contributed by atoms with E-state index in [-0.39, 0.29) is 12.1 Å². The smallest absolute Gasteiger partial charge is 0.330 e. The number of rotatable bonds is 2. The molecule has 12 heteroatoms. The van der Waals surface area contributed by atoms with Gasteiger partial charge in [0.1, 0.15) is 5.69 Å². The lowest BCUT2D eigenvalue weighted by Gasteiger charge is -2.33. The second kappa shape index (κ2) is 7.07. The first-order valence-corrected chi connectivity index (χ1v) is 8.90. The molecule has 29 heavy (non-hydrogen) atoms. The highest BCUT2D eigenvalue weighted by Gasteiger charge is 2.39. The van der Waals surface area contributed by atoms with Gasteiger partial charge in [-0.2, -0.15) is 17.9 Å². The molecule has 4 heterocycles. The number of carbonyl (C=O) groups is 1. The van der Waals surface area contributed by atoms with Crippen LogP contribution >= 0.6 is 11.6 Å². The third-order valence-corrected chi connectivity index (χ3v) is 5.04. The van der Waals surface area contributed by atoms with Crippen molar-refractivity contribution in [2.45, 2.75) is 25.6 Å². The quantitative estimate of drug-likeness (QED) is 0.629. The van der Waals surface area contributed by atoms with Crippen LogP contribution in [0.15, 0.2) is 30.9 Å². The Morgan fingerprint density at radius 1 is 1.24 bits per heavy atom. The fourth-order valence-electron chi connectivity index (χ4n) is 3.26. The molecule has 4 rings (SSSR count). The molecule has 0 spiro atoms. The van der Waals surface area contributed by atoms with E-state index in [1.165, 1.54) is 29.6 Å². The molecule has 150 valence electrons. The molecule has 8 nitrogen and oxygen atoms in total. The van der Waals surface area contributed by atoms with Gasteiger partial charge < -0.3 is 4.90 Å². The molecule has 0 radical (unpaired) electrons. The first-order chi connectivity index (χ1) is 13.8. The first-order valence-electron chi connectivity index (χ1n) is 8.52. The largest absolute Gasteiger partial charge is 0.434 e. The molecule has 0 saturated heterocycles. The Morgan fingerprint density at radius 2 is 2.03 bits per heavy atom. The van der Waals surface area contributed by atoms with Crippen molar-refractivity contribution < 1.29 is 18.0 Å². The number of aromatic nitrogens is 6. The molecule has 0 aliphatic carbocycles. The van der Waals surface area contributed by atoms with Crippen LogP contribution in [-0.4, -0.2) is 47.3 Å². The molecule has 0 aromatic carbocycles. The lowest BCUT2D eigenvalue weighted by molar-refractivity contribution is -0.141. The van der Waals surface area contributed by atoms with Gasteiger partial charge >= 0.3 is 6.18 Å². The summed E-state index contributed by atoms with van der Waals surface area (Å²) in [5, 5.41) is 7.52. The van der Waals surface area contributed by atoms with Gasteiger partial charge in [0.2, 0.25) is 0 Å². The van der Waals surface area contributed by atoms with Crippen molar-refractivity contribution in [3.05, 3.63) is 58.5 Å². The van der Waals surface area contributed by atoms with Crippen molar-refractivity contribution >= 4 is 17.5 Å². The third kappa shape index (κ3) is 3.31. The Morgan fingerprint density at radius 3 is 2.72 bits per heavy atom. The molecule has 1 aliphatic rings. The fraction of sp³-hybridized carbons (Fsp3) is 0.294. The van der Waals surface area contributed by atoms with E-state index in [9.17, 15) is 18.0 Å². The minimum atomic E-state index is -4.76. The predicted octanol–water partition coefficient (Wildman–Crippen LogP) is 2.88. The van der Waals surface area contributed by atoms with Crippen LogP contribution in [-0.2, 0) is 12.6 Å². The van der Waals surface area contributed by atoms with E-state index < -0.39 is 28.8 Å². The maximum absolute atomic E-state index is 13.1. The fourth-order valence-corrected chi connectivity index (χ4v) is 3.56. The zero-order valence-corrected chi connectivity index (χ0v) is 15.7. The van der Waals surface area contributed by atoms with Crippen LogP contribution in [0.5, 0.6) is 0 Å². The number of nitrogens with zero attached hydrogens (tertiary/aromatic N) is 7. The third-order valence-electron chi connectivity index (χ3n) is 4.66. The molecule has 1 atom stereocenters. The van der Waals surface area contributed by atoms with Crippen LogP contribution < -0.4 is 0 Å². The second-order valence-corrected chi connectivity index (χ2v) is 6.72. The van der Waals surface area contributed by atoms with E-state index in [4.69, 9.17) is 11.6 Å². The van der Waals surface area contributed by atoms with Crippen LogP contribution in [0.2, 0.25) is 5.02 Å². The van der Waals surface area contributed by atoms with Gasteiger partial charge in [-0.1, -0.05) is 16.8 Å². The van der Waals surface area contributed by atoms with Gasteiger partial charge in [-0.05, 0) is 13.0 Å². The lowest BCUT2D eigenvalue weighted by Crippen LogP contribution is -2.39. The van der Waals surface area contributed by atoms with Crippen molar-refractivity contribution in [2.24, 2.45) is 0 Å². The summed E-state index contributed by atoms with van der Waals surface area (Å²) >= 11 is 5.86. The normalized spacial score (nSPS) is 16.6. The Balaban J connectivity index is 1.66. The number of alkyl halides is 3. The number of carbonyl (C=O) groups excluding carboxylic acids is 1. The highest BCUT2D eigenvalue weighted by atomic mass is 35.5. The topological polar surface area (TPSA) is 89.7 Å². The summed E-state index contributed by atoms with van der Waals surface area (Å²) in [6, 6.07) is 0.661. The van der Waals surface area contributed by atoms with Gasteiger partial charge in [0.05, 0.1) is 28.5 Å². The SMILES string of the molecule is CC1c2nnn(-c3cnccn3)c2CCN1C(=O)c1ccnc(C(F)(F)F)c1Cl. The molecule has 1 unspecified atom stereocenters. The Labute approximate surface area is 167 Å². The summed E-state index contributed by atoms with van der Waals surface area (Å²) in [4.78, 5) is 25.8. The van der Waals surface area contributed by atoms with Crippen LogP contribution in [0, 0.1) is 0 Å². The molecular weight excluding hydrogens is 411 g/mol. The zero-order valence-electron chi connectivity index (χ0n) is 14.9. The lowest BCUT2D eigenvalue weighted by atomic mass is 10.0. The second-order valence-electron chi connectivity index (χ2n) is 6.34. The van der Waals surface area contributed by atoms with Crippen molar-refractivity contribution in [1.29, 1.82) is 0 Å². The maximum atomic E-state index is 13.1. The van der Waals surface area contributed by atoms with Gasteiger partial charge in [0.15, 0.2) is 11.5 Å². The van der Waals surface area contributed by atoms with E-state index in [2.05, 4.69) is 25.3 Å². The average molecular weight is 424 g/mol. The van der Waals surface area contributed by atoms with E-state index in [1.54, 1.807) is 11.6 Å². The van der Waals surface area contributed by atoms with Crippen LogP contribution in [0.1, 0.15) is 40.4 Å². The van der Waals surface area contributed by atoms with Gasteiger partial charge in [-0.15, -0.1) is 5.10 Å². The first kappa shape index (κ1) is 19.2. The summed E-state index contributed by atoms with van der Waals surface area (Å²) in [6.45, 7) is 1.98. The minimum Gasteiger partial charge on any atom is -0.330 e. The van der Waals surface area contributed by atoms with Crippen LogP contribution in [0.4, 0.5) is 13.2 Å². The number of halogens is 4. The molecule has 0 bridgehead atoms. The van der Waals surface area contributed by atoms with Crippen molar-refractivity contribution in [1.82, 2.24) is 34.8 Å². The molecule has 0 fully saturated rings. The van der Waals surface area contributed by atoms with Crippen molar-refractivity contribution in [3.8, 4) is 5.82 Å². The minimum absolute atomic E-state index is 0.251. The molecular formula is C17H13ClF3N7O. The standard InChI is InChI=1S/C17H13ClF3N7O/c1-9-14-11(28(26-25-14)12-8-22-5-6-23-12)3-7-27(9)16(29)10-2-4-24-15(13(10)18)17(19,20)21/h2,4-6,8-9H,3,7H2,1H3. The molecule has 3 aromatic heterocycles. The molecule has 0 saturated carbocycles. The van der Waals surface area contributed by atoms with Crippen LogP contribution in [0.3, 0.4) is 0 Å². The van der Waals surface area contributed by atoms with Gasteiger partial charge in [0, 0.05) is 31.6 Å². The highest BCUT2D eigenvalue weighted by Crippen LogP contribution is 2.36. The van der Waals surface area contributed by atoms with Gasteiger partial charge in [-0.3, -0.25) is 14.8 Å². The highest BCUT2D eigenvalue weighted by molar-refractivity contribution is 6.34. The Hall–Kier alpha value is -3.08. The predicted molar refractivity (Wildman–Crippen MR) is 94.4 cm³/mol. The number of pyridine rings is 1. The number of hydrogen-bond acceptors (Lipinski definition) is 6. The number of fused-ring (bicyclic) bond motifs is 1. The van der Waals surface area contributed by atoms with E-state index in [0.29, 0.717) is 17.9 Å². The summed E-state index contributed by atoms with van der Waals surface area (Å²) in [6.07, 6.45) is 1.15. The number of amides is 1. The van der Waals surface area contributed by atoms with Crippen molar-refractivity contribution in [3.63, 3.8) is 0 Å². The Kier molecular flexibility index (Phi) is 4.69. The molecule has 0 N–H and O–H groups in total. The summed E-state index contributed by atoms with van der Waals surface area (Å²) in [5.74, 6) is -0.143. The molecule has 1 amide bonds. The Bertz CT molecular complexity index is 1070. The zero-order chi connectivity index (χ0) is 20.8. The van der Waals surface area contributed by atoms with Crippen molar-refractivity contribution in [2.75, 3.05) is 6.54 Å². The summed E-state index contributed by atoms with van der Waals surface area (Å²) < 4.78 is 40.7. The number of hydrogen-bond donors (Lipinski definition) is 0. The van der Waals surface area contributed by atoms with E-state index in [1.807, 2.05) is 0 Å².